The Morgan fingerprint density at radius 2 is 1.91 bits per heavy atom. The van der Waals surface area contributed by atoms with E-state index < -0.39 is 18.2 Å². The molecule has 0 amide bonds. The van der Waals surface area contributed by atoms with Crippen LogP contribution in [-0.2, 0) is 4.79 Å². The molecular formula is C7H14O4. The lowest BCUT2D eigenvalue weighted by molar-refractivity contribution is -0.142. The molecule has 0 bridgehead atoms. The van der Waals surface area contributed by atoms with Crippen LogP contribution in [0, 0.1) is 5.92 Å². The Hall–Kier alpha value is -0.610. The molecule has 1 unspecified atom stereocenters. The fourth-order valence-corrected chi connectivity index (χ4v) is 0.852. The van der Waals surface area contributed by atoms with E-state index in [4.69, 9.17) is 15.3 Å². The first-order chi connectivity index (χ1) is 5.07. The van der Waals surface area contributed by atoms with Crippen LogP contribution in [0.5, 0.6) is 0 Å². The number of rotatable bonds is 5. The van der Waals surface area contributed by atoms with E-state index in [1.165, 1.54) is 0 Å². The Labute approximate surface area is 65.5 Å². The number of carboxylic acid groups (broad SMARTS) is 1. The number of carboxylic acids is 1. The number of aliphatic carboxylic acids is 1. The summed E-state index contributed by atoms with van der Waals surface area (Å²) in [6.45, 7) is 1.77. The van der Waals surface area contributed by atoms with Crippen LogP contribution in [0.15, 0.2) is 0 Å². The third-order valence-corrected chi connectivity index (χ3v) is 1.62. The molecule has 0 aliphatic heterocycles. The zero-order valence-corrected chi connectivity index (χ0v) is 6.53. The van der Waals surface area contributed by atoms with E-state index in [2.05, 4.69) is 0 Å². The lowest BCUT2D eigenvalue weighted by Crippen LogP contribution is -2.15. The fourth-order valence-electron chi connectivity index (χ4n) is 0.852. The minimum atomic E-state index is -1.39. The van der Waals surface area contributed by atoms with Gasteiger partial charge in [0, 0.05) is 0 Å². The van der Waals surface area contributed by atoms with E-state index in [0.29, 0.717) is 12.8 Å². The van der Waals surface area contributed by atoms with Gasteiger partial charge in [-0.3, -0.25) is 4.79 Å². The van der Waals surface area contributed by atoms with E-state index >= 15 is 0 Å². The van der Waals surface area contributed by atoms with E-state index in [9.17, 15) is 4.79 Å². The predicted octanol–water partition coefficient (Wildman–Crippen LogP) is 0.188. The molecule has 0 aliphatic rings. The van der Waals surface area contributed by atoms with Gasteiger partial charge in [0.25, 0.3) is 0 Å². The highest BCUT2D eigenvalue weighted by atomic mass is 16.5. The van der Waals surface area contributed by atoms with Crippen molar-refractivity contribution in [3.8, 4) is 0 Å². The molecule has 0 fully saturated rings. The van der Waals surface area contributed by atoms with Crippen molar-refractivity contribution in [2.24, 2.45) is 5.92 Å². The van der Waals surface area contributed by atoms with E-state index in [1.807, 2.05) is 0 Å². The highest BCUT2D eigenvalue weighted by Crippen LogP contribution is 2.11. The molecule has 0 aromatic carbocycles. The van der Waals surface area contributed by atoms with E-state index in [1.54, 1.807) is 6.92 Å². The third kappa shape index (κ3) is 4.75. The van der Waals surface area contributed by atoms with Crippen molar-refractivity contribution < 1.29 is 20.1 Å². The Morgan fingerprint density at radius 1 is 1.36 bits per heavy atom. The second-order valence-electron chi connectivity index (χ2n) is 2.50. The van der Waals surface area contributed by atoms with Crippen LogP contribution in [0.2, 0.25) is 0 Å². The maximum Gasteiger partial charge on any atom is 0.306 e. The van der Waals surface area contributed by atoms with Crippen molar-refractivity contribution >= 4 is 5.97 Å². The first-order valence-electron chi connectivity index (χ1n) is 3.66. The topological polar surface area (TPSA) is 77.8 Å². The normalized spacial score (nSPS) is 13.5. The zero-order chi connectivity index (χ0) is 8.85. The van der Waals surface area contributed by atoms with Crippen LogP contribution in [-0.4, -0.2) is 27.6 Å². The fraction of sp³-hybridized carbons (Fsp3) is 0.857. The van der Waals surface area contributed by atoms with Gasteiger partial charge in [-0.05, 0) is 19.3 Å². The maximum absolute atomic E-state index is 10.4. The Balaban J connectivity index is 3.61. The summed E-state index contributed by atoms with van der Waals surface area (Å²) >= 11 is 0. The number of aliphatic hydroxyl groups is 2. The quantitative estimate of drug-likeness (QED) is 0.504. The van der Waals surface area contributed by atoms with Gasteiger partial charge in [-0.2, -0.15) is 0 Å². The second-order valence-corrected chi connectivity index (χ2v) is 2.50. The minimum absolute atomic E-state index is 0.130. The van der Waals surface area contributed by atoms with Gasteiger partial charge in [0.15, 0.2) is 6.29 Å². The molecule has 0 saturated heterocycles. The molecule has 4 heteroatoms. The van der Waals surface area contributed by atoms with Gasteiger partial charge in [0.1, 0.15) is 0 Å². The molecule has 0 aliphatic carbocycles. The molecule has 0 spiro atoms. The minimum Gasteiger partial charge on any atom is -0.481 e. The van der Waals surface area contributed by atoms with Crippen LogP contribution in [0.4, 0.5) is 0 Å². The largest absolute Gasteiger partial charge is 0.481 e. The van der Waals surface area contributed by atoms with Crippen molar-refractivity contribution in [3.05, 3.63) is 0 Å². The molecule has 0 rings (SSSR count). The first-order valence-corrected chi connectivity index (χ1v) is 3.66. The van der Waals surface area contributed by atoms with Crippen molar-refractivity contribution in [2.45, 2.75) is 32.5 Å². The Bertz CT molecular complexity index is 122. The molecule has 3 N–H and O–H groups in total. The van der Waals surface area contributed by atoms with Crippen LogP contribution in [0.1, 0.15) is 26.2 Å². The zero-order valence-electron chi connectivity index (χ0n) is 6.53. The van der Waals surface area contributed by atoms with Crippen molar-refractivity contribution in [1.29, 1.82) is 0 Å². The van der Waals surface area contributed by atoms with Gasteiger partial charge in [0.2, 0.25) is 0 Å². The van der Waals surface area contributed by atoms with Crippen molar-refractivity contribution in [1.82, 2.24) is 0 Å². The Kier molecular flexibility index (Phi) is 4.81. The third-order valence-electron chi connectivity index (χ3n) is 1.62. The van der Waals surface area contributed by atoms with Crippen molar-refractivity contribution in [2.75, 3.05) is 0 Å². The van der Waals surface area contributed by atoms with Crippen LogP contribution >= 0.6 is 0 Å². The van der Waals surface area contributed by atoms with Gasteiger partial charge in [-0.15, -0.1) is 0 Å². The molecule has 1 atom stereocenters. The summed E-state index contributed by atoms with van der Waals surface area (Å²) < 4.78 is 0. The molecule has 11 heavy (non-hydrogen) atoms. The summed E-state index contributed by atoms with van der Waals surface area (Å²) in [5, 5.41) is 25.4. The molecule has 66 valence electrons. The summed E-state index contributed by atoms with van der Waals surface area (Å²) in [6, 6.07) is 0. The molecule has 0 aromatic rings. The summed E-state index contributed by atoms with van der Waals surface area (Å²) in [5.41, 5.74) is 0. The van der Waals surface area contributed by atoms with Gasteiger partial charge in [-0.1, -0.05) is 6.92 Å². The first kappa shape index (κ1) is 10.4. The van der Waals surface area contributed by atoms with Gasteiger partial charge < -0.3 is 15.3 Å². The monoisotopic (exact) mass is 162 g/mol. The SMILES string of the molecule is CCC(CCC(O)O)C(=O)O. The highest BCUT2D eigenvalue weighted by molar-refractivity contribution is 5.69. The summed E-state index contributed by atoms with van der Waals surface area (Å²) in [6.07, 6.45) is -0.403. The molecular weight excluding hydrogens is 148 g/mol. The average molecular weight is 162 g/mol. The number of carbonyl (C=O) groups is 1. The number of hydrogen-bond acceptors (Lipinski definition) is 3. The summed E-state index contributed by atoms with van der Waals surface area (Å²) in [4.78, 5) is 10.4. The smallest absolute Gasteiger partial charge is 0.306 e. The van der Waals surface area contributed by atoms with Crippen LogP contribution in [0.25, 0.3) is 0 Å². The van der Waals surface area contributed by atoms with Gasteiger partial charge in [-0.25, -0.2) is 0 Å². The van der Waals surface area contributed by atoms with Crippen LogP contribution in [0.3, 0.4) is 0 Å². The highest BCUT2D eigenvalue weighted by Gasteiger charge is 2.15. The molecule has 4 nitrogen and oxygen atoms in total. The van der Waals surface area contributed by atoms with E-state index in [-0.39, 0.29) is 6.42 Å². The standard InChI is InChI=1S/C7H14O4/c1-2-5(7(10)11)3-4-6(8)9/h5-6,8-9H,2-4H2,1H3,(H,10,11). The summed E-state index contributed by atoms with van der Waals surface area (Å²) in [5.74, 6) is -1.31. The number of hydrogen-bond donors (Lipinski definition) is 3. The molecule has 0 aromatic heterocycles. The molecule has 0 heterocycles. The number of aliphatic hydroxyl groups excluding tert-OH is 1. The maximum atomic E-state index is 10.4. The van der Waals surface area contributed by atoms with Gasteiger partial charge in [0.05, 0.1) is 5.92 Å². The second kappa shape index (κ2) is 5.09. The average Bonchev–Trinajstić information content (AvgIpc) is 1.87. The molecule has 0 radical (unpaired) electrons. The lowest BCUT2D eigenvalue weighted by Gasteiger charge is -2.09. The molecule has 0 saturated carbocycles. The van der Waals surface area contributed by atoms with E-state index in [0.717, 1.165) is 0 Å². The van der Waals surface area contributed by atoms with Crippen molar-refractivity contribution in [3.63, 3.8) is 0 Å². The summed E-state index contributed by atoms with van der Waals surface area (Å²) in [7, 11) is 0. The lowest BCUT2D eigenvalue weighted by atomic mass is 10.0. The van der Waals surface area contributed by atoms with Gasteiger partial charge >= 0.3 is 5.97 Å². The van der Waals surface area contributed by atoms with Crippen LogP contribution < -0.4 is 0 Å². The Morgan fingerprint density at radius 3 is 2.18 bits per heavy atom. The predicted molar refractivity (Wildman–Crippen MR) is 38.9 cm³/mol.